The summed E-state index contributed by atoms with van der Waals surface area (Å²) < 4.78 is 32.3. The Morgan fingerprint density at radius 1 is 1.27 bits per heavy atom. The van der Waals surface area contributed by atoms with E-state index in [0.29, 0.717) is 41.8 Å². The molecule has 3 aromatic rings. The van der Waals surface area contributed by atoms with Crippen LogP contribution in [0.3, 0.4) is 0 Å². The van der Waals surface area contributed by atoms with Gasteiger partial charge in [-0.05, 0) is 19.1 Å². The molecule has 0 amide bonds. The number of sulfonamides is 1. The number of hydrogen-bond acceptors (Lipinski definition) is 8. The number of hydrogen-bond donors (Lipinski definition) is 1. The van der Waals surface area contributed by atoms with Crippen molar-refractivity contribution in [2.75, 3.05) is 32.4 Å². The van der Waals surface area contributed by atoms with Crippen LogP contribution in [0.25, 0.3) is 4.96 Å². The molecular formula is C15H19N5O4S2. The van der Waals surface area contributed by atoms with E-state index in [1.807, 2.05) is 19.1 Å². The quantitative estimate of drug-likeness (QED) is 0.702. The Bertz CT molecular complexity index is 1030. The minimum absolute atomic E-state index is 0.0343. The molecule has 1 aliphatic rings. The summed E-state index contributed by atoms with van der Waals surface area (Å²) in [7, 11) is -3.21. The van der Waals surface area contributed by atoms with Crippen molar-refractivity contribution in [2.24, 2.45) is 0 Å². The molecule has 4 heterocycles. The summed E-state index contributed by atoms with van der Waals surface area (Å²) in [6.45, 7) is 3.73. The average Bonchev–Trinajstić information content (AvgIpc) is 3.28. The van der Waals surface area contributed by atoms with Gasteiger partial charge in [0.2, 0.25) is 20.9 Å². The zero-order valence-corrected chi connectivity index (χ0v) is 16.0. The van der Waals surface area contributed by atoms with Crippen LogP contribution in [-0.2, 0) is 10.0 Å². The summed E-state index contributed by atoms with van der Waals surface area (Å²) in [5.41, 5.74) is 0. The predicted octanol–water partition coefficient (Wildman–Crippen LogP) is 1.06. The monoisotopic (exact) mass is 397 g/mol. The molecule has 26 heavy (non-hydrogen) atoms. The van der Waals surface area contributed by atoms with Crippen molar-refractivity contribution in [2.45, 2.75) is 13.0 Å². The zero-order valence-electron chi connectivity index (χ0n) is 14.4. The highest BCUT2D eigenvalue weighted by Crippen LogP contribution is 2.40. The summed E-state index contributed by atoms with van der Waals surface area (Å²) >= 11 is 1.35. The Kier molecular flexibility index (Phi) is 4.26. The van der Waals surface area contributed by atoms with Crippen LogP contribution in [-0.4, -0.2) is 69.8 Å². The number of aromatic nitrogens is 3. The highest BCUT2D eigenvalue weighted by Gasteiger charge is 2.34. The van der Waals surface area contributed by atoms with Crippen molar-refractivity contribution in [3.8, 4) is 5.88 Å². The smallest absolute Gasteiger partial charge is 0.230 e. The number of aryl methyl sites for hydroxylation is 1. The Morgan fingerprint density at radius 3 is 2.58 bits per heavy atom. The first-order valence-electron chi connectivity index (χ1n) is 8.11. The lowest BCUT2D eigenvalue weighted by molar-refractivity contribution is 0.142. The largest absolute Gasteiger partial charge is 0.492 e. The van der Waals surface area contributed by atoms with Gasteiger partial charge < -0.3 is 9.52 Å². The van der Waals surface area contributed by atoms with Crippen molar-refractivity contribution >= 4 is 26.3 Å². The lowest BCUT2D eigenvalue weighted by atomic mass is 10.1. The Labute approximate surface area is 154 Å². The van der Waals surface area contributed by atoms with Gasteiger partial charge in [0.25, 0.3) is 0 Å². The summed E-state index contributed by atoms with van der Waals surface area (Å²) in [5, 5.41) is 14.7. The number of thiazole rings is 1. The molecule has 3 aromatic heterocycles. The van der Waals surface area contributed by atoms with E-state index in [0.717, 1.165) is 5.76 Å². The lowest BCUT2D eigenvalue weighted by Crippen LogP contribution is -2.49. The van der Waals surface area contributed by atoms with Crippen LogP contribution in [0.15, 0.2) is 22.9 Å². The number of aromatic hydroxyl groups is 1. The summed E-state index contributed by atoms with van der Waals surface area (Å²) in [4.78, 5) is 7.54. The van der Waals surface area contributed by atoms with E-state index in [1.165, 1.54) is 32.7 Å². The first-order chi connectivity index (χ1) is 12.3. The van der Waals surface area contributed by atoms with Crippen molar-refractivity contribution in [3.63, 3.8) is 0 Å². The maximum Gasteiger partial charge on any atom is 0.230 e. The number of rotatable bonds is 4. The van der Waals surface area contributed by atoms with Crippen molar-refractivity contribution in [1.82, 2.24) is 23.8 Å². The SMILES string of the molecule is Cc1ccc([C@H](c2sc3ncnn3c2O)N2CCN(S(C)(=O)=O)CC2)o1. The fraction of sp³-hybridized carbons (Fsp3) is 0.467. The third-order valence-electron chi connectivity index (χ3n) is 4.53. The standard InChI is InChI=1S/C15H19N5O4S2/c1-10-3-4-11(24-10)12(13-14(21)20-15(25-13)16-9-17-20)18-5-7-19(8-6-18)26(2,22)23/h3-4,9,12,21H,5-8H2,1-2H3/t12-/m1/s1. The molecule has 0 spiro atoms. The van der Waals surface area contributed by atoms with E-state index in [4.69, 9.17) is 4.42 Å². The molecule has 1 N–H and O–H groups in total. The number of fused-ring (bicyclic) bond motifs is 1. The van der Waals surface area contributed by atoms with Crippen molar-refractivity contribution in [3.05, 3.63) is 34.9 Å². The third-order valence-corrected chi connectivity index (χ3v) is 6.91. The van der Waals surface area contributed by atoms with Crippen LogP contribution in [0.5, 0.6) is 5.88 Å². The van der Waals surface area contributed by atoms with Crippen LogP contribution in [0, 0.1) is 6.92 Å². The predicted molar refractivity (Wildman–Crippen MR) is 95.8 cm³/mol. The van der Waals surface area contributed by atoms with Crippen LogP contribution < -0.4 is 0 Å². The van der Waals surface area contributed by atoms with E-state index in [-0.39, 0.29) is 11.9 Å². The van der Waals surface area contributed by atoms with E-state index in [9.17, 15) is 13.5 Å². The molecule has 140 valence electrons. The molecular weight excluding hydrogens is 378 g/mol. The maximum atomic E-state index is 11.8. The second kappa shape index (κ2) is 6.34. The number of furan rings is 1. The van der Waals surface area contributed by atoms with E-state index >= 15 is 0 Å². The second-order valence-electron chi connectivity index (χ2n) is 6.29. The first kappa shape index (κ1) is 17.5. The molecule has 0 saturated carbocycles. The van der Waals surface area contributed by atoms with Gasteiger partial charge in [-0.1, -0.05) is 11.3 Å². The topological polar surface area (TPSA) is 104 Å². The van der Waals surface area contributed by atoms with Crippen LogP contribution in [0.4, 0.5) is 0 Å². The minimum Gasteiger partial charge on any atom is -0.492 e. The third kappa shape index (κ3) is 3.00. The highest BCUT2D eigenvalue weighted by atomic mass is 32.2. The average molecular weight is 397 g/mol. The van der Waals surface area contributed by atoms with Gasteiger partial charge in [-0.2, -0.15) is 13.9 Å². The molecule has 4 rings (SSSR count). The van der Waals surface area contributed by atoms with Crippen LogP contribution in [0.2, 0.25) is 0 Å². The molecule has 1 saturated heterocycles. The van der Waals surface area contributed by atoms with Gasteiger partial charge in [0.1, 0.15) is 23.9 Å². The van der Waals surface area contributed by atoms with E-state index in [1.54, 1.807) is 0 Å². The highest BCUT2D eigenvalue weighted by molar-refractivity contribution is 7.88. The lowest BCUT2D eigenvalue weighted by Gasteiger charge is -2.37. The Balaban J connectivity index is 1.71. The molecule has 1 fully saturated rings. The number of piperazine rings is 1. The zero-order chi connectivity index (χ0) is 18.5. The molecule has 0 unspecified atom stereocenters. The van der Waals surface area contributed by atoms with Crippen LogP contribution >= 0.6 is 11.3 Å². The van der Waals surface area contributed by atoms with Gasteiger partial charge in [0, 0.05) is 26.2 Å². The van der Waals surface area contributed by atoms with Gasteiger partial charge in [0.15, 0.2) is 0 Å². The summed E-state index contributed by atoms with van der Waals surface area (Å²) in [6, 6.07) is 3.44. The fourth-order valence-corrected chi connectivity index (χ4v) is 5.14. The van der Waals surface area contributed by atoms with Gasteiger partial charge in [0.05, 0.1) is 11.1 Å². The molecule has 0 aromatic carbocycles. The van der Waals surface area contributed by atoms with Gasteiger partial charge >= 0.3 is 0 Å². The summed E-state index contributed by atoms with van der Waals surface area (Å²) in [6.07, 6.45) is 2.62. The molecule has 11 heteroatoms. The Hall–Kier alpha value is -1.95. The maximum absolute atomic E-state index is 11.8. The van der Waals surface area contributed by atoms with Crippen molar-refractivity contribution in [1.29, 1.82) is 0 Å². The molecule has 9 nitrogen and oxygen atoms in total. The van der Waals surface area contributed by atoms with Gasteiger partial charge in [-0.15, -0.1) is 0 Å². The van der Waals surface area contributed by atoms with E-state index in [2.05, 4.69) is 15.0 Å². The van der Waals surface area contributed by atoms with E-state index < -0.39 is 10.0 Å². The van der Waals surface area contributed by atoms with Gasteiger partial charge in [-0.3, -0.25) is 4.90 Å². The second-order valence-corrected chi connectivity index (χ2v) is 9.28. The fourth-order valence-electron chi connectivity index (χ4n) is 3.24. The van der Waals surface area contributed by atoms with Crippen LogP contribution in [0.1, 0.15) is 22.4 Å². The normalized spacial score (nSPS) is 18.5. The first-order valence-corrected chi connectivity index (χ1v) is 10.8. The molecule has 1 aliphatic heterocycles. The Morgan fingerprint density at radius 2 is 2.00 bits per heavy atom. The minimum atomic E-state index is -3.21. The summed E-state index contributed by atoms with van der Waals surface area (Å²) in [5.74, 6) is 1.51. The number of nitrogens with zero attached hydrogens (tertiary/aromatic N) is 5. The van der Waals surface area contributed by atoms with Gasteiger partial charge in [-0.25, -0.2) is 13.4 Å². The molecule has 0 bridgehead atoms. The molecule has 0 aliphatic carbocycles. The van der Waals surface area contributed by atoms with Crippen molar-refractivity contribution < 1.29 is 17.9 Å². The molecule has 0 radical (unpaired) electrons. The molecule has 1 atom stereocenters.